The van der Waals surface area contributed by atoms with E-state index >= 15 is 0 Å². The average molecular weight is 441 g/mol. The predicted molar refractivity (Wildman–Crippen MR) is 110 cm³/mol. The molecular weight excluding hydrogens is 408 g/mol. The van der Waals surface area contributed by atoms with Gasteiger partial charge < -0.3 is 36.9 Å². The van der Waals surface area contributed by atoms with E-state index in [-0.39, 0.29) is 18.3 Å². The Morgan fingerprint density at radius 2 is 1.61 bits per heavy atom. The Morgan fingerprint density at radius 3 is 2.06 bits per heavy atom. The SMILES string of the molecule is CC(C)C(N)C(=O)NC(C(=O)NC(CO)C(=O)NC(Cc1cnc[nH]1)C(=O)O)C(C)C. The number of nitrogens with one attached hydrogen (secondary N) is 4. The summed E-state index contributed by atoms with van der Waals surface area (Å²) >= 11 is 0. The van der Waals surface area contributed by atoms with Gasteiger partial charge in [-0.3, -0.25) is 14.4 Å². The fourth-order valence-corrected chi connectivity index (χ4v) is 2.63. The highest BCUT2D eigenvalue weighted by Crippen LogP contribution is 2.06. The molecule has 1 aromatic heterocycles. The van der Waals surface area contributed by atoms with Gasteiger partial charge in [0.2, 0.25) is 17.7 Å². The summed E-state index contributed by atoms with van der Waals surface area (Å²) in [5.41, 5.74) is 6.30. The van der Waals surface area contributed by atoms with Gasteiger partial charge in [-0.25, -0.2) is 9.78 Å². The summed E-state index contributed by atoms with van der Waals surface area (Å²) in [4.78, 5) is 55.4. The van der Waals surface area contributed by atoms with Crippen LogP contribution >= 0.6 is 0 Å². The van der Waals surface area contributed by atoms with E-state index in [1.165, 1.54) is 12.5 Å². The molecule has 12 heteroatoms. The third-order valence-electron chi connectivity index (χ3n) is 4.68. The van der Waals surface area contributed by atoms with E-state index in [4.69, 9.17) is 5.73 Å². The molecule has 0 bridgehead atoms. The maximum Gasteiger partial charge on any atom is 0.326 e. The number of amides is 3. The molecule has 0 aliphatic heterocycles. The van der Waals surface area contributed by atoms with Gasteiger partial charge in [-0.2, -0.15) is 0 Å². The Labute approximate surface area is 180 Å². The van der Waals surface area contributed by atoms with Gasteiger partial charge in [0, 0.05) is 18.3 Å². The zero-order valence-corrected chi connectivity index (χ0v) is 18.1. The largest absolute Gasteiger partial charge is 0.480 e. The molecule has 8 N–H and O–H groups in total. The number of aromatic amines is 1. The molecule has 12 nitrogen and oxygen atoms in total. The molecule has 0 radical (unpaired) electrons. The van der Waals surface area contributed by atoms with E-state index in [0.717, 1.165) is 0 Å². The number of carboxylic acids is 1. The normalized spacial score (nSPS) is 15.1. The van der Waals surface area contributed by atoms with Crippen LogP contribution < -0.4 is 21.7 Å². The van der Waals surface area contributed by atoms with Gasteiger partial charge in [0.05, 0.1) is 19.0 Å². The molecule has 1 aromatic rings. The standard InChI is InChI=1S/C19H32N6O6/c1-9(2)14(20)17(28)25-15(10(3)4)18(29)24-13(7-26)16(27)23-12(19(30)31)5-11-6-21-8-22-11/h6,8-10,12-15,26H,5,7,20H2,1-4H3,(H,21,22)(H,23,27)(H,24,29)(H,25,28)(H,30,31). The maximum atomic E-state index is 12.7. The Morgan fingerprint density at radius 1 is 1.00 bits per heavy atom. The predicted octanol–water partition coefficient (Wildman–Crippen LogP) is -1.88. The van der Waals surface area contributed by atoms with Crippen LogP contribution in [0, 0.1) is 11.8 Å². The summed E-state index contributed by atoms with van der Waals surface area (Å²) in [6.07, 6.45) is 2.73. The minimum atomic E-state index is -1.41. The van der Waals surface area contributed by atoms with Crippen molar-refractivity contribution >= 4 is 23.7 Å². The smallest absolute Gasteiger partial charge is 0.326 e. The minimum absolute atomic E-state index is 0.0645. The minimum Gasteiger partial charge on any atom is -0.480 e. The van der Waals surface area contributed by atoms with E-state index in [1.807, 2.05) is 0 Å². The van der Waals surface area contributed by atoms with Crippen LogP contribution in [0.3, 0.4) is 0 Å². The molecule has 0 aromatic carbocycles. The first-order valence-electron chi connectivity index (χ1n) is 9.95. The number of carbonyl (C=O) groups excluding carboxylic acids is 3. The second kappa shape index (κ2) is 12.0. The highest BCUT2D eigenvalue weighted by Gasteiger charge is 2.32. The summed E-state index contributed by atoms with van der Waals surface area (Å²) < 4.78 is 0. The number of rotatable bonds is 12. The lowest BCUT2D eigenvalue weighted by atomic mass is 10.00. The maximum absolute atomic E-state index is 12.7. The Hall–Kier alpha value is -2.99. The van der Waals surface area contributed by atoms with Gasteiger partial charge in [-0.1, -0.05) is 27.7 Å². The summed E-state index contributed by atoms with van der Waals surface area (Å²) in [7, 11) is 0. The quantitative estimate of drug-likeness (QED) is 0.196. The van der Waals surface area contributed by atoms with Crippen LogP contribution in [-0.4, -0.2) is 74.6 Å². The summed E-state index contributed by atoms with van der Waals surface area (Å²) in [6.45, 7) is 6.17. The third-order valence-corrected chi connectivity index (χ3v) is 4.68. The van der Waals surface area contributed by atoms with Crippen LogP contribution in [0.15, 0.2) is 12.5 Å². The van der Waals surface area contributed by atoms with Crippen molar-refractivity contribution in [1.82, 2.24) is 25.9 Å². The highest BCUT2D eigenvalue weighted by atomic mass is 16.4. The van der Waals surface area contributed by atoms with Gasteiger partial charge in [-0.15, -0.1) is 0 Å². The molecule has 0 fully saturated rings. The molecule has 0 aliphatic carbocycles. The first kappa shape index (κ1) is 26.0. The molecule has 1 heterocycles. The van der Waals surface area contributed by atoms with E-state index in [2.05, 4.69) is 25.9 Å². The molecular formula is C19H32N6O6. The van der Waals surface area contributed by atoms with E-state index in [9.17, 15) is 29.4 Å². The number of aliphatic carboxylic acids is 1. The van der Waals surface area contributed by atoms with Crippen molar-refractivity contribution in [1.29, 1.82) is 0 Å². The Balaban J connectivity index is 2.82. The fourth-order valence-electron chi connectivity index (χ4n) is 2.63. The molecule has 1 rings (SSSR count). The fraction of sp³-hybridized carbons (Fsp3) is 0.632. The van der Waals surface area contributed by atoms with E-state index in [0.29, 0.717) is 5.69 Å². The number of nitrogens with two attached hydrogens (primary N) is 1. The number of carboxylic acid groups (broad SMARTS) is 1. The number of carbonyl (C=O) groups is 4. The van der Waals surface area contributed by atoms with Crippen molar-refractivity contribution in [2.24, 2.45) is 17.6 Å². The second-order valence-corrected chi connectivity index (χ2v) is 7.92. The lowest BCUT2D eigenvalue weighted by molar-refractivity contribution is -0.142. The zero-order valence-electron chi connectivity index (χ0n) is 18.1. The first-order valence-corrected chi connectivity index (χ1v) is 9.95. The number of H-pyrrole nitrogens is 1. The number of nitrogens with zero attached hydrogens (tertiary/aromatic N) is 1. The van der Waals surface area contributed by atoms with Gasteiger partial charge in [0.1, 0.15) is 18.1 Å². The van der Waals surface area contributed by atoms with Crippen molar-refractivity contribution in [3.05, 3.63) is 18.2 Å². The first-order chi connectivity index (χ1) is 14.5. The summed E-state index contributed by atoms with van der Waals surface area (Å²) in [6, 6.07) is -4.53. The second-order valence-electron chi connectivity index (χ2n) is 7.92. The summed E-state index contributed by atoms with van der Waals surface area (Å²) in [5.74, 6) is -3.86. The summed E-state index contributed by atoms with van der Waals surface area (Å²) in [5, 5.41) is 26.1. The monoisotopic (exact) mass is 440 g/mol. The Kier molecular flexibility index (Phi) is 10.1. The number of aliphatic hydroxyl groups excluding tert-OH is 1. The van der Waals surface area contributed by atoms with E-state index < -0.39 is 54.5 Å². The van der Waals surface area contributed by atoms with Crippen molar-refractivity contribution < 1.29 is 29.4 Å². The van der Waals surface area contributed by atoms with Gasteiger partial charge in [-0.05, 0) is 11.8 Å². The third kappa shape index (κ3) is 7.98. The highest BCUT2D eigenvalue weighted by molar-refractivity contribution is 5.94. The van der Waals surface area contributed by atoms with Crippen molar-refractivity contribution in [2.75, 3.05) is 6.61 Å². The molecule has 31 heavy (non-hydrogen) atoms. The lowest BCUT2D eigenvalue weighted by Crippen LogP contribution is -2.59. The Bertz CT molecular complexity index is 751. The van der Waals surface area contributed by atoms with E-state index in [1.54, 1.807) is 27.7 Å². The number of aromatic nitrogens is 2. The van der Waals surface area contributed by atoms with Crippen LogP contribution in [0.25, 0.3) is 0 Å². The van der Waals surface area contributed by atoms with Crippen molar-refractivity contribution in [3.63, 3.8) is 0 Å². The molecule has 3 amide bonds. The van der Waals surface area contributed by atoms with Gasteiger partial charge >= 0.3 is 5.97 Å². The molecule has 0 saturated heterocycles. The van der Waals surface area contributed by atoms with Crippen LogP contribution in [0.5, 0.6) is 0 Å². The van der Waals surface area contributed by atoms with Crippen LogP contribution in [-0.2, 0) is 25.6 Å². The zero-order chi connectivity index (χ0) is 23.7. The van der Waals surface area contributed by atoms with Crippen LogP contribution in [0.2, 0.25) is 0 Å². The molecule has 4 unspecified atom stereocenters. The molecule has 0 saturated carbocycles. The molecule has 0 spiro atoms. The van der Waals surface area contributed by atoms with Crippen LogP contribution in [0.1, 0.15) is 33.4 Å². The van der Waals surface area contributed by atoms with Gasteiger partial charge in [0.25, 0.3) is 0 Å². The number of hydrogen-bond acceptors (Lipinski definition) is 7. The van der Waals surface area contributed by atoms with Gasteiger partial charge in [0.15, 0.2) is 0 Å². The van der Waals surface area contributed by atoms with Crippen molar-refractivity contribution in [2.45, 2.75) is 58.3 Å². The molecule has 4 atom stereocenters. The van der Waals surface area contributed by atoms with Crippen LogP contribution in [0.4, 0.5) is 0 Å². The molecule has 174 valence electrons. The average Bonchev–Trinajstić information content (AvgIpc) is 3.21. The van der Waals surface area contributed by atoms with Crippen molar-refractivity contribution in [3.8, 4) is 0 Å². The topological polar surface area (TPSA) is 200 Å². The number of imidazole rings is 1. The lowest BCUT2D eigenvalue weighted by Gasteiger charge is -2.26. The molecule has 0 aliphatic rings. The number of hydrogen-bond donors (Lipinski definition) is 7. The number of aliphatic hydroxyl groups is 1.